The van der Waals surface area contributed by atoms with Gasteiger partial charge in [-0.25, -0.2) is 13.2 Å². The van der Waals surface area contributed by atoms with Gasteiger partial charge in [-0.05, 0) is 18.1 Å². The van der Waals surface area contributed by atoms with Crippen LogP contribution in [0.3, 0.4) is 0 Å². The van der Waals surface area contributed by atoms with Crippen LogP contribution in [0.4, 0.5) is 13.2 Å². The van der Waals surface area contributed by atoms with E-state index in [4.69, 9.17) is 5.26 Å². The molecule has 0 aromatic carbocycles. The summed E-state index contributed by atoms with van der Waals surface area (Å²) >= 11 is 0. The lowest BCUT2D eigenvalue weighted by atomic mass is 10.1. The van der Waals surface area contributed by atoms with Gasteiger partial charge >= 0.3 is 0 Å². The Morgan fingerprint density at radius 1 is 1.57 bits per heavy atom. The van der Waals surface area contributed by atoms with Gasteiger partial charge < -0.3 is 0 Å². The maximum absolute atomic E-state index is 13.2. The van der Waals surface area contributed by atoms with E-state index in [1.807, 2.05) is 0 Å². The highest BCUT2D eigenvalue weighted by Crippen LogP contribution is 2.23. The zero-order chi connectivity index (χ0) is 10.7. The summed E-state index contributed by atoms with van der Waals surface area (Å²) < 4.78 is 37.5. The normalized spacial score (nSPS) is 10.3. The summed E-state index contributed by atoms with van der Waals surface area (Å²) in [5.74, 6) is -1.02. The third-order valence-corrected chi connectivity index (χ3v) is 1.87. The first-order valence-electron chi connectivity index (χ1n) is 3.87. The van der Waals surface area contributed by atoms with Crippen LogP contribution in [0.5, 0.6) is 0 Å². The number of nitrogens with zero attached hydrogens (tertiary/aromatic N) is 2. The molecule has 0 aliphatic heterocycles. The third-order valence-electron chi connectivity index (χ3n) is 1.87. The smallest absolute Gasteiger partial charge is 0.252 e. The predicted molar refractivity (Wildman–Crippen MR) is 43.2 cm³/mol. The van der Waals surface area contributed by atoms with Crippen LogP contribution in [0.1, 0.15) is 23.2 Å². The van der Waals surface area contributed by atoms with Crippen LogP contribution in [-0.2, 0) is 6.42 Å². The zero-order valence-corrected chi connectivity index (χ0v) is 7.39. The van der Waals surface area contributed by atoms with Crippen molar-refractivity contribution in [2.45, 2.75) is 19.8 Å². The molecular formula is C9H7F3N2. The quantitative estimate of drug-likeness (QED) is 0.735. The second-order valence-corrected chi connectivity index (χ2v) is 2.74. The van der Waals surface area contributed by atoms with E-state index in [9.17, 15) is 13.2 Å². The molecule has 5 heteroatoms. The minimum Gasteiger partial charge on any atom is -0.252 e. The van der Waals surface area contributed by atoms with E-state index < -0.39 is 17.9 Å². The second-order valence-electron chi connectivity index (χ2n) is 2.74. The number of hydrogen-bond acceptors (Lipinski definition) is 2. The largest absolute Gasteiger partial charge is 0.283 e. The molecule has 14 heavy (non-hydrogen) atoms. The first kappa shape index (κ1) is 10.5. The van der Waals surface area contributed by atoms with Crippen LogP contribution in [-0.4, -0.2) is 4.98 Å². The van der Waals surface area contributed by atoms with Crippen LogP contribution in [0.15, 0.2) is 6.20 Å². The zero-order valence-electron chi connectivity index (χ0n) is 7.39. The maximum atomic E-state index is 13.2. The van der Waals surface area contributed by atoms with Crippen molar-refractivity contribution < 1.29 is 13.2 Å². The Labute approximate surface area is 79.0 Å². The summed E-state index contributed by atoms with van der Waals surface area (Å²) in [6.45, 7) is 1.36. The van der Waals surface area contributed by atoms with E-state index in [-0.39, 0.29) is 12.0 Å². The van der Waals surface area contributed by atoms with Gasteiger partial charge in [0.15, 0.2) is 5.82 Å². The Hall–Kier alpha value is -1.57. The van der Waals surface area contributed by atoms with Gasteiger partial charge in [0.1, 0.15) is 5.69 Å². The molecule has 2 nitrogen and oxygen atoms in total. The average Bonchev–Trinajstić information content (AvgIpc) is 2.13. The fraction of sp³-hybridized carbons (Fsp3) is 0.333. The molecule has 1 aromatic heterocycles. The molecule has 0 aliphatic carbocycles. The van der Waals surface area contributed by atoms with E-state index in [2.05, 4.69) is 4.98 Å². The van der Waals surface area contributed by atoms with Gasteiger partial charge in [-0.1, -0.05) is 0 Å². The lowest BCUT2D eigenvalue weighted by Crippen LogP contribution is -2.02. The maximum Gasteiger partial charge on any atom is 0.283 e. The Kier molecular flexibility index (Phi) is 3.07. The fourth-order valence-electron chi connectivity index (χ4n) is 1.05. The SMILES string of the molecule is Cc1c(CC#N)cnc(C(F)F)c1F. The topological polar surface area (TPSA) is 36.7 Å². The first-order chi connectivity index (χ1) is 6.57. The summed E-state index contributed by atoms with van der Waals surface area (Å²) in [5, 5.41) is 8.37. The molecule has 0 aliphatic rings. The Morgan fingerprint density at radius 3 is 2.71 bits per heavy atom. The van der Waals surface area contributed by atoms with Crippen molar-refractivity contribution in [3.63, 3.8) is 0 Å². The van der Waals surface area contributed by atoms with E-state index in [0.717, 1.165) is 6.20 Å². The number of hydrogen-bond donors (Lipinski definition) is 0. The lowest BCUT2D eigenvalue weighted by Gasteiger charge is -2.06. The molecular weight excluding hydrogens is 193 g/mol. The Morgan fingerprint density at radius 2 is 2.21 bits per heavy atom. The minimum absolute atomic E-state index is 0.0285. The molecule has 0 radical (unpaired) electrons. The number of pyridine rings is 1. The molecule has 1 aromatic rings. The molecule has 0 N–H and O–H groups in total. The molecule has 0 saturated carbocycles. The van der Waals surface area contributed by atoms with Crippen molar-refractivity contribution in [1.29, 1.82) is 5.26 Å². The highest BCUT2D eigenvalue weighted by atomic mass is 19.3. The average molecular weight is 200 g/mol. The van der Waals surface area contributed by atoms with E-state index in [1.54, 1.807) is 6.07 Å². The molecule has 0 bridgehead atoms. The van der Waals surface area contributed by atoms with Gasteiger partial charge in [-0.15, -0.1) is 0 Å². The number of alkyl halides is 2. The van der Waals surface area contributed by atoms with Crippen molar-refractivity contribution in [2.24, 2.45) is 0 Å². The lowest BCUT2D eigenvalue weighted by molar-refractivity contribution is 0.140. The summed E-state index contributed by atoms with van der Waals surface area (Å²) in [6, 6.07) is 1.81. The monoisotopic (exact) mass is 200 g/mol. The minimum atomic E-state index is -2.93. The van der Waals surface area contributed by atoms with Crippen LogP contribution < -0.4 is 0 Å². The van der Waals surface area contributed by atoms with Gasteiger partial charge in [0.2, 0.25) is 0 Å². The Balaban J connectivity index is 3.20. The Bertz CT molecular complexity index is 382. The standard InChI is InChI=1S/C9H7F3N2/c1-5-6(2-3-13)4-14-8(7(5)10)9(11)12/h4,9H,2H2,1H3. The van der Waals surface area contributed by atoms with Gasteiger partial charge in [0.05, 0.1) is 12.5 Å². The van der Waals surface area contributed by atoms with Crippen LogP contribution in [0.2, 0.25) is 0 Å². The van der Waals surface area contributed by atoms with Gasteiger partial charge in [0.25, 0.3) is 6.43 Å². The first-order valence-corrected chi connectivity index (χ1v) is 3.87. The van der Waals surface area contributed by atoms with Crippen LogP contribution in [0.25, 0.3) is 0 Å². The number of halogens is 3. The van der Waals surface area contributed by atoms with Crippen molar-refractivity contribution in [3.8, 4) is 6.07 Å². The van der Waals surface area contributed by atoms with Crippen molar-refractivity contribution >= 4 is 0 Å². The summed E-state index contributed by atoms with van der Waals surface area (Å²) in [7, 11) is 0. The van der Waals surface area contributed by atoms with Crippen molar-refractivity contribution in [3.05, 3.63) is 28.8 Å². The van der Waals surface area contributed by atoms with Crippen molar-refractivity contribution in [1.82, 2.24) is 4.98 Å². The third kappa shape index (κ3) is 1.84. The molecule has 0 saturated heterocycles. The number of nitriles is 1. The molecule has 0 atom stereocenters. The van der Waals surface area contributed by atoms with Gasteiger partial charge in [-0.3, -0.25) is 4.98 Å². The van der Waals surface area contributed by atoms with Crippen LogP contribution in [0, 0.1) is 24.1 Å². The summed E-state index contributed by atoms with van der Waals surface area (Å²) in [6.07, 6.45) is -1.84. The van der Waals surface area contributed by atoms with E-state index in [0.29, 0.717) is 5.56 Å². The van der Waals surface area contributed by atoms with E-state index in [1.165, 1.54) is 6.92 Å². The fourth-order valence-corrected chi connectivity index (χ4v) is 1.05. The predicted octanol–water partition coefficient (Wildman–Crippen LogP) is 2.53. The summed E-state index contributed by atoms with van der Waals surface area (Å²) in [5.41, 5.74) is -0.449. The summed E-state index contributed by atoms with van der Waals surface area (Å²) in [4.78, 5) is 3.28. The molecule has 0 fully saturated rings. The van der Waals surface area contributed by atoms with Crippen LogP contribution >= 0.6 is 0 Å². The molecule has 0 spiro atoms. The highest BCUT2D eigenvalue weighted by Gasteiger charge is 2.18. The number of rotatable bonds is 2. The highest BCUT2D eigenvalue weighted by molar-refractivity contribution is 5.29. The molecule has 1 rings (SSSR count). The second kappa shape index (κ2) is 4.09. The van der Waals surface area contributed by atoms with Crippen molar-refractivity contribution in [2.75, 3.05) is 0 Å². The van der Waals surface area contributed by atoms with Gasteiger partial charge in [-0.2, -0.15) is 5.26 Å². The molecule has 0 unspecified atom stereocenters. The number of aromatic nitrogens is 1. The van der Waals surface area contributed by atoms with E-state index >= 15 is 0 Å². The van der Waals surface area contributed by atoms with Gasteiger partial charge in [0, 0.05) is 6.20 Å². The molecule has 0 amide bonds. The molecule has 1 heterocycles. The molecule has 74 valence electrons.